The summed E-state index contributed by atoms with van der Waals surface area (Å²) < 4.78 is 5.41. The molecule has 0 spiro atoms. The minimum Gasteiger partial charge on any atom is -0.496 e. The Morgan fingerprint density at radius 3 is 2.41 bits per heavy atom. The van der Waals surface area contributed by atoms with Gasteiger partial charge in [-0.3, -0.25) is 4.79 Å². The van der Waals surface area contributed by atoms with Crippen LogP contribution in [0.1, 0.15) is 42.5 Å². The molecule has 2 aromatic rings. The zero-order chi connectivity index (χ0) is 15.5. The first-order chi connectivity index (χ1) is 10.7. The van der Waals surface area contributed by atoms with Crippen molar-refractivity contribution in [3.8, 4) is 5.75 Å². The molecular weight excluding hydrogens is 274 g/mol. The summed E-state index contributed by atoms with van der Waals surface area (Å²) in [4.78, 5) is 14.9. The van der Waals surface area contributed by atoms with Crippen molar-refractivity contribution in [2.45, 2.75) is 38.1 Å². The molecule has 0 aliphatic heterocycles. The molecule has 0 N–H and O–H groups in total. The Balaban J connectivity index is 1.97. The lowest BCUT2D eigenvalue weighted by molar-refractivity contribution is 0.0698. The summed E-state index contributed by atoms with van der Waals surface area (Å²) in [5.74, 6) is 0.929. The van der Waals surface area contributed by atoms with Gasteiger partial charge in [0.2, 0.25) is 0 Å². The Morgan fingerprint density at radius 2 is 1.73 bits per heavy atom. The molecule has 3 rings (SSSR count). The second-order valence-electron chi connectivity index (χ2n) is 6.07. The number of nitrogens with zero attached hydrogens (tertiary/aromatic N) is 1. The maximum atomic E-state index is 12.9. The first-order valence-corrected chi connectivity index (χ1v) is 8.05. The van der Waals surface area contributed by atoms with Gasteiger partial charge in [0.15, 0.2) is 0 Å². The fraction of sp³-hybridized carbons (Fsp3) is 0.421. The van der Waals surface area contributed by atoms with Crippen molar-refractivity contribution in [2.24, 2.45) is 0 Å². The normalized spacial score (nSPS) is 15.7. The number of carbonyl (C=O) groups excluding carboxylic acids is 1. The summed E-state index contributed by atoms with van der Waals surface area (Å²) in [6.45, 7) is 0. The van der Waals surface area contributed by atoms with Crippen LogP contribution in [-0.4, -0.2) is 31.0 Å². The van der Waals surface area contributed by atoms with Crippen LogP contribution >= 0.6 is 0 Å². The second-order valence-corrected chi connectivity index (χ2v) is 6.07. The van der Waals surface area contributed by atoms with Crippen molar-refractivity contribution < 1.29 is 9.53 Å². The summed E-state index contributed by atoms with van der Waals surface area (Å²) >= 11 is 0. The summed E-state index contributed by atoms with van der Waals surface area (Å²) in [6, 6.07) is 12.1. The molecule has 116 valence electrons. The summed E-state index contributed by atoms with van der Waals surface area (Å²) in [6.07, 6.45) is 5.99. The Kier molecular flexibility index (Phi) is 4.32. The van der Waals surface area contributed by atoms with Crippen LogP contribution in [-0.2, 0) is 0 Å². The monoisotopic (exact) mass is 297 g/mol. The van der Waals surface area contributed by atoms with E-state index in [4.69, 9.17) is 4.74 Å². The summed E-state index contributed by atoms with van der Waals surface area (Å²) in [5, 5.41) is 1.96. The molecule has 3 nitrogen and oxygen atoms in total. The number of hydrogen-bond acceptors (Lipinski definition) is 2. The molecule has 0 heterocycles. The summed E-state index contributed by atoms with van der Waals surface area (Å²) in [7, 11) is 3.61. The van der Waals surface area contributed by atoms with Crippen molar-refractivity contribution in [3.05, 3.63) is 42.0 Å². The molecule has 22 heavy (non-hydrogen) atoms. The van der Waals surface area contributed by atoms with Crippen molar-refractivity contribution in [1.82, 2.24) is 4.90 Å². The van der Waals surface area contributed by atoms with Gasteiger partial charge in [-0.05, 0) is 30.4 Å². The topological polar surface area (TPSA) is 29.5 Å². The average molecular weight is 297 g/mol. The van der Waals surface area contributed by atoms with Crippen molar-refractivity contribution >= 4 is 16.7 Å². The molecule has 1 aliphatic rings. The maximum Gasteiger partial charge on any atom is 0.254 e. The summed E-state index contributed by atoms with van der Waals surface area (Å²) in [5.41, 5.74) is 0.768. The molecule has 0 aromatic heterocycles. The number of fused-ring (bicyclic) bond motifs is 1. The third-order valence-electron chi connectivity index (χ3n) is 4.78. The first kappa shape index (κ1) is 14.9. The third-order valence-corrected chi connectivity index (χ3v) is 4.78. The third kappa shape index (κ3) is 2.68. The number of benzene rings is 2. The average Bonchev–Trinajstić information content (AvgIpc) is 2.60. The van der Waals surface area contributed by atoms with Gasteiger partial charge in [-0.1, -0.05) is 43.5 Å². The van der Waals surface area contributed by atoms with Gasteiger partial charge in [-0.15, -0.1) is 0 Å². The van der Waals surface area contributed by atoms with Crippen LogP contribution in [0, 0.1) is 0 Å². The molecule has 0 atom stereocenters. The van der Waals surface area contributed by atoms with Crippen LogP contribution in [0.15, 0.2) is 36.4 Å². The molecule has 0 saturated heterocycles. The van der Waals surface area contributed by atoms with Crippen LogP contribution in [0.25, 0.3) is 10.8 Å². The lowest BCUT2D eigenvalue weighted by Crippen LogP contribution is -2.38. The number of hydrogen-bond donors (Lipinski definition) is 0. The highest BCUT2D eigenvalue weighted by molar-refractivity contribution is 6.08. The number of methoxy groups -OCH3 is 1. The van der Waals surface area contributed by atoms with E-state index in [1.807, 2.05) is 48.3 Å². The molecule has 2 aromatic carbocycles. The molecule has 1 aliphatic carbocycles. The van der Waals surface area contributed by atoms with Gasteiger partial charge >= 0.3 is 0 Å². The fourth-order valence-electron chi connectivity index (χ4n) is 3.46. The van der Waals surface area contributed by atoms with Crippen LogP contribution in [0.5, 0.6) is 5.75 Å². The Hall–Kier alpha value is -2.03. The fourth-order valence-corrected chi connectivity index (χ4v) is 3.46. The van der Waals surface area contributed by atoms with Gasteiger partial charge in [-0.25, -0.2) is 0 Å². The van der Waals surface area contributed by atoms with Crippen LogP contribution in [0.4, 0.5) is 0 Å². The van der Waals surface area contributed by atoms with Gasteiger partial charge in [0, 0.05) is 24.0 Å². The lowest BCUT2D eigenvalue weighted by Gasteiger charge is -2.31. The standard InChI is InChI=1S/C19H23NO2/c1-20(14-8-4-3-5-9-14)19(21)17-12-13-18(22-2)16-11-7-6-10-15(16)17/h6-7,10-14H,3-5,8-9H2,1-2H3. The van der Waals surface area contributed by atoms with Crippen molar-refractivity contribution in [1.29, 1.82) is 0 Å². The Bertz CT molecular complexity index is 674. The van der Waals surface area contributed by atoms with Crippen molar-refractivity contribution in [3.63, 3.8) is 0 Å². The van der Waals surface area contributed by atoms with E-state index in [9.17, 15) is 4.79 Å². The zero-order valence-electron chi connectivity index (χ0n) is 13.3. The van der Waals surface area contributed by atoms with E-state index in [0.29, 0.717) is 6.04 Å². The molecule has 1 amide bonds. The second kappa shape index (κ2) is 6.39. The number of rotatable bonds is 3. The van der Waals surface area contributed by atoms with Gasteiger partial charge in [0.1, 0.15) is 5.75 Å². The molecular formula is C19H23NO2. The van der Waals surface area contributed by atoms with Crippen LogP contribution in [0.2, 0.25) is 0 Å². The van der Waals surface area contributed by atoms with E-state index in [2.05, 4.69) is 0 Å². The predicted molar refractivity (Wildman–Crippen MR) is 89.5 cm³/mol. The van der Waals surface area contributed by atoms with E-state index in [-0.39, 0.29) is 5.91 Å². The minimum absolute atomic E-state index is 0.116. The molecule has 1 saturated carbocycles. The van der Waals surface area contributed by atoms with E-state index >= 15 is 0 Å². The highest BCUT2D eigenvalue weighted by Gasteiger charge is 2.24. The largest absolute Gasteiger partial charge is 0.496 e. The highest BCUT2D eigenvalue weighted by Crippen LogP contribution is 2.30. The number of amides is 1. The van der Waals surface area contributed by atoms with Crippen LogP contribution in [0.3, 0.4) is 0 Å². The quantitative estimate of drug-likeness (QED) is 0.847. The predicted octanol–water partition coefficient (Wildman–Crippen LogP) is 4.25. The molecule has 0 radical (unpaired) electrons. The number of ether oxygens (including phenoxy) is 1. The Morgan fingerprint density at radius 1 is 1.05 bits per heavy atom. The van der Waals surface area contributed by atoms with E-state index in [0.717, 1.165) is 34.9 Å². The first-order valence-electron chi connectivity index (χ1n) is 8.05. The highest BCUT2D eigenvalue weighted by atomic mass is 16.5. The SMILES string of the molecule is COc1ccc(C(=O)N(C)C2CCCCC2)c2ccccc12. The van der Waals surface area contributed by atoms with Crippen molar-refractivity contribution in [2.75, 3.05) is 14.2 Å². The van der Waals surface area contributed by atoms with Gasteiger partial charge < -0.3 is 9.64 Å². The molecule has 1 fully saturated rings. The van der Waals surface area contributed by atoms with E-state index < -0.39 is 0 Å². The Labute approximate surface area is 131 Å². The number of carbonyl (C=O) groups is 1. The molecule has 0 unspecified atom stereocenters. The molecule has 3 heteroatoms. The smallest absolute Gasteiger partial charge is 0.254 e. The van der Waals surface area contributed by atoms with E-state index in [1.165, 1.54) is 19.3 Å². The van der Waals surface area contributed by atoms with E-state index in [1.54, 1.807) is 7.11 Å². The molecule has 0 bridgehead atoms. The van der Waals surface area contributed by atoms with Gasteiger partial charge in [0.25, 0.3) is 5.91 Å². The minimum atomic E-state index is 0.116. The maximum absolute atomic E-state index is 12.9. The lowest BCUT2D eigenvalue weighted by atomic mass is 9.93. The van der Waals surface area contributed by atoms with Gasteiger partial charge in [-0.2, -0.15) is 0 Å². The van der Waals surface area contributed by atoms with Gasteiger partial charge in [0.05, 0.1) is 7.11 Å². The van der Waals surface area contributed by atoms with Crippen LogP contribution < -0.4 is 4.74 Å². The zero-order valence-corrected chi connectivity index (χ0v) is 13.3.